The number of pyridine rings is 1. The second kappa shape index (κ2) is 6.37. The maximum Gasteiger partial charge on any atom is 0.336 e. The first kappa shape index (κ1) is 15.5. The Labute approximate surface area is 138 Å². The number of carbonyl (C=O) groups excluding carboxylic acids is 1. The Morgan fingerprint density at radius 2 is 1.67 bits per heavy atom. The summed E-state index contributed by atoms with van der Waals surface area (Å²) in [5.41, 5.74) is 2.22. The van der Waals surface area contributed by atoms with Crippen molar-refractivity contribution in [1.29, 1.82) is 0 Å². The van der Waals surface area contributed by atoms with Gasteiger partial charge >= 0.3 is 5.97 Å². The summed E-state index contributed by atoms with van der Waals surface area (Å²) >= 11 is 0. The van der Waals surface area contributed by atoms with Crippen molar-refractivity contribution in [2.75, 3.05) is 10.6 Å². The number of carboxylic acid groups (broad SMARTS) is 1. The number of rotatable bonds is 4. The van der Waals surface area contributed by atoms with Crippen LogP contribution in [0.15, 0.2) is 54.6 Å². The molecule has 3 N–H and O–H groups in total. The van der Waals surface area contributed by atoms with Crippen LogP contribution in [0, 0.1) is 0 Å². The van der Waals surface area contributed by atoms with Crippen LogP contribution in [0.1, 0.15) is 17.3 Å². The number of amides is 1. The molecule has 0 fully saturated rings. The lowest BCUT2D eigenvalue weighted by Crippen LogP contribution is -2.05. The molecule has 3 rings (SSSR count). The summed E-state index contributed by atoms with van der Waals surface area (Å²) in [7, 11) is 0. The molecule has 24 heavy (non-hydrogen) atoms. The molecule has 1 heterocycles. The lowest BCUT2D eigenvalue weighted by Gasteiger charge is -2.10. The van der Waals surface area contributed by atoms with Crippen molar-refractivity contribution in [2.45, 2.75) is 6.92 Å². The Hall–Kier alpha value is -3.41. The van der Waals surface area contributed by atoms with E-state index in [1.807, 2.05) is 6.07 Å². The molecule has 120 valence electrons. The maximum absolute atomic E-state index is 11.5. The van der Waals surface area contributed by atoms with Crippen LogP contribution < -0.4 is 10.6 Å². The number of aromatic carboxylic acids is 1. The Morgan fingerprint density at radius 1 is 1.00 bits per heavy atom. The average molecular weight is 321 g/mol. The Morgan fingerprint density at radius 3 is 2.33 bits per heavy atom. The van der Waals surface area contributed by atoms with Crippen LogP contribution in [0.4, 0.5) is 17.2 Å². The van der Waals surface area contributed by atoms with Crippen molar-refractivity contribution in [3.8, 4) is 0 Å². The van der Waals surface area contributed by atoms with Gasteiger partial charge in [-0.25, -0.2) is 9.78 Å². The third-order valence-corrected chi connectivity index (χ3v) is 3.42. The van der Waals surface area contributed by atoms with E-state index < -0.39 is 5.97 Å². The molecule has 0 aliphatic carbocycles. The van der Waals surface area contributed by atoms with E-state index in [0.717, 1.165) is 5.69 Å². The van der Waals surface area contributed by atoms with E-state index >= 15 is 0 Å². The van der Waals surface area contributed by atoms with Gasteiger partial charge in [-0.05, 0) is 36.4 Å². The number of benzene rings is 2. The minimum atomic E-state index is -1.00. The molecule has 0 radical (unpaired) electrons. The Balaban J connectivity index is 1.92. The first-order valence-corrected chi connectivity index (χ1v) is 7.31. The van der Waals surface area contributed by atoms with Gasteiger partial charge in [0.15, 0.2) is 0 Å². The van der Waals surface area contributed by atoms with E-state index in [1.165, 1.54) is 13.0 Å². The zero-order chi connectivity index (χ0) is 17.1. The Bertz CT molecular complexity index is 920. The summed E-state index contributed by atoms with van der Waals surface area (Å²) in [5.74, 6) is -0.700. The summed E-state index contributed by atoms with van der Waals surface area (Å²) in [5, 5.41) is 15.8. The SMILES string of the molecule is CC(=O)Nc1ccc(Nc2cc(C(=O)O)c3ccccc3n2)cc1. The molecule has 2 aromatic carbocycles. The molecule has 6 heteroatoms. The summed E-state index contributed by atoms with van der Waals surface area (Å²) in [6.07, 6.45) is 0. The van der Waals surface area contributed by atoms with E-state index in [4.69, 9.17) is 0 Å². The molecule has 0 aliphatic heterocycles. The summed E-state index contributed by atoms with van der Waals surface area (Å²) < 4.78 is 0. The van der Waals surface area contributed by atoms with Gasteiger partial charge in [0.05, 0.1) is 11.1 Å². The van der Waals surface area contributed by atoms with Gasteiger partial charge in [0.1, 0.15) is 5.82 Å². The van der Waals surface area contributed by atoms with E-state index in [9.17, 15) is 14.7 Å². The molecular weight excluding hydrogens is 306 g/mol. The van der Waals surface area contributed by atoms with Crippen LogP contribution in [-0.4, -0.2) is 22.0 Å². The topological polar surface area (TPSA) is 91.3 Å². The van der Waals surface area contributed by atoms with Crippen molar-refractivity contribution in [3.63, 3.8) is 0 Å². The Kier molecular flexibility index (Phi) is 4.11. The second-order valence-electron chi connectivity index (χ2n) is 5.26. The molecule has 3 aromatic rings. The molecule has 0 saturated heterocycles. The van der Waals surface area contributed by atoms with Gasteiger partial charge in [-0.15, -0.1) is 0 Å². The quantitative estimate of drug-likeness (QED) is 0.682. The molecule has 1 aromatic heterocycles. The fraction of sp³-hybridized carbons (Fsp3) is 0.0556. The molecule has 1 amide bonds. The fourth-order valence-corrected chi connectivity index (χ4v) is 2.40. The molecule has 0 aliphatic rings. The van der Waals surface area contributed by atoms with Crippen LogP contribution in [-0.2, 0) is 4.79 Å². The highest BCUT2D eigenvalue weighted by Gasteiger charge is 2.11. The fourth-order valence-electron chi connectivity index (χ4n) is 2.40. The number of carbonyl (C=O) groups is 2. The number of fused-ring (bicyclic) bond motifs is 1. The maximum atomic E-state index is 11.5. The normalized spacial score (nSPS) is 10.4. The van der Waals surface area contributed by atoms with Crippen molar-refractivity contribution in [3.05, 3.63) is 60.2 Å². The van der Waals surface area contributed by atoms with Crippen LogP contribution in [0.3, 0.4) is 0 Å². The highest BCUT2D eigenvalue weighted by molar-refractivity contribution is 6.03. The monoisotopic (exact) mass is 321 g/mol. The predicted octanol–water partition coefficient (Wildman–Crippen LogP) is 3.64. The zero-order valence-corrected chi connectivity index (χ0v) is 12.9. The van der Waals surface area contributed by atoms with E-state index in [-0.39, 0.29) is 11.5 Å². The predicted molar refractivity (Wildman–Crippen MR) is 92.7 cm³/mol. The van der Waals surface area contributed by atoms with Gasteiger partial charge in [-0.2, -0.15) is 0 Å². The lowest BCUT2D eigenvalue weighted by molar-refractivity contribution is -0.114. The van der Waals surface area contributed by atoms with Crippen molar-refractivity contribution >= 4 is 40.0 Å². The lowest BCUT2D eigenvalue weighted by atomic mass is 10.1. The standard InChI is InChI=1S/C18H15N3O3/c1-11(22)19-12-6-8-13(9-7-12)20-17-10-15(18(23)24)14-4-2-3-5-16(14)21-17/h2-10H,1H3,(H,19,22)(H,20,21)(H,23,24). The van der Waals surface area contributed by atoms with Crippen molar-refractivity contribution < 1.29 is 14.7 Å². The molecule has 0 atom stereocenters. The van der Waals surface area contributed by atoms with Gasteiger partial charge in [0, 0.05) is 23.7 Å². The number of nitrogens with zero attached hydrogens (tertiary/aromatic N) is 1. The molecule has 0 saturated carbocycles. The third-order valence-electron chi connectivity index (χ3n) is 3.42. The zero-order valence-electron chi connectivity index (χ0n) is 12.9. The first-order valence-electron chi connectivity index (χ1n) is 7.31. The van der Waals surface area contributed by atoms with Crippen molar-refractivity contribution in [1.82, 2.24) is 4.98 Å². The smallest absolute Gasteiger partial charge is 0.336 e. The molecule has 0 bridgehead atoms. The van der Waals surface area contributed by atoms with Crippen LogP contribution >= 0.6 is 0 Å². The van der Waals surface area contributed by atoms with Crippen LogP contribution in [0.25, 0.3) is 10.9 Å². The second-order valence-corrected chi connectivity index (χ2v) is 5.26. The number of nitrogens with one attached hydrogen (secondary N) is 2. The van der Waals surface area contributed by atoms with Gasteiger partial charge in [-0.3, -0.25) is 4.79 Å². The molecule has 0 spiro atoms. The van der Waals surface area contributed by atoms with Crippen molar-refractivity contribution in [2.24, 2.45) is 0 Å². The number of anilines is 3. The number of carboxylic acids is 1. The number of hydrogen-bond acceptors (Lipinski definition) is 4. The number of aromatic nitrogens is 1. The number of hydrogen-bond donors (Lipinski definition) is 3. The van der Waals surface area contributed by atoms with Crippen LogP contribution in [0.2, 0.25) is 0 Å². The van der Waals surface area contributed by atoms with Gasteiger partial charge < -0.3 is 15.7 Å². The highest BCUT2D eigenvalue weighted by Crippen LogP contribution is 2.24. The average Bonchev–Trinajstić information content (AvgIpc) is 2.55. The summed E-state index contributed by atoms with van der Waals surface area (Å²) in [6, 6.07) is 15.7. The highest BCUT2D eigenvalue weighted by atomic mass is 16.4. The van der Waals surface area contributed by atoms with Gasteiger partial charge in [-0.1, -0.05) is 18.2 Å². The minimum absolute atomic E-state index is 0.141. The van der Waals surface area contributed by atoms with Crippen LogP contribution in [0.5, 0.6) is 0 Å². The van der Waals surface area contributed by atoms with E-state index in [1.54, 1.807) is 42.5 Å². The third kappa shape index (κ3) is 3.33. The van der Waals surface area contributed by atoms with Gasteiger partial charge in [0.2, 0.25) is 5.91 Å². The van der Waals surface area contributed by atoms with E-state index in [0.29, 0.717) is 22.4 Å². The summed E-state index contributed by atoms with van der Waals surface area (Å²) in [4.78, 5) is 26.9. The first-order chi connectivity index (χ1) is 11.5. The van der Waals surface area contributed by atoms with Gasteiger partial charge in [0.25, 0.3) is 0 Å². The molecule has 0 unspecified atom stereocenters. The van der Waals surface area contributed by atoms with E-state index in [2.05, 4.69) is 15.6 Å². The molecule has 6 nitrogen and oxygen atoms in total. The summed E-state index contributed by atoms with van der Waals surface area (Å²) in [6.45, 7) is 1.44. The molecular formula is C18H15N3O3. The minimum Gasteiger partial charge on any atom is -0.478 e. The largest absolute Gasteiger partial charge is 0.478 e. The number of para-hydroxylation sites is 1.